The lowest BCUT2D eigenvalue weighted by Gasteiger charge is -2.40. The minimum absolute atomic E-state index is 0.0755. The van der Waals surface area contributed by atoms with Gasteiger partial charge in [-0.1, -0.05) is 25.6 Å². The normalized spacial score (nSPS) is 16.9. The van der Waals surface area contributed by atoms with Gasteiger partial charge in [0.15, 0.2) is 5.65 Å². The largest absolute Gasteiger partial charge is 0.355 e. The van der Waals surface area contributed by atoms with Crippen molar-refractivity contribution >= 4 is 22.8 Å². The molecular weight excluding hydrogens is 503 g/mol. The molecular formula is C27H27FN8O3. The van der Waals surface area contributed by atoms with E-state index in [-0.39, 0.29) is 35.6 Å². The summed E-state index contributed by atoms with van der Waals surface area (Å²) in [6, 6.07) is 2.93. The van der Waals surface area contributed by atoms with Crippen LogP contribution in [0.5, 0.6) is 0 Å². The van der Waals surface area contributed by atoms with Crippen LogP contribution in [0, 0.1) is 5.82 Å². The van der Waals surface area contributed by atoms with Gasteiger partial charge in [-0.25, -0.2) is 18.7 Å². The van der Waals surface area contributed by atoms with E-state index in [0.29, 0.717) is 65.9 Å². The van der Waals surface area contributed by atoms with E-state index in [1.54, 1.807) is 17.2 Å². The number of aryl methyl sites for hydroxylation is 2. The summed E-state index contributed by atoms with van der Waals surface area (Å²) in [5.41, 5.74) is 1.47. The number of aromatic nitrogens is 6. The Hall–Kier alpha value is -4.48. The standard InChI is InChI=1S/C27H27FN8O3/c1-5-21(37)34-10-11-35(15(4)13-34)25-17-12-18(28)19-6-7-20-31-24(33-39-20)16-8-9-29-22(14(2)3)23(16)36(26(17)30-19)27(38)32-25/h5,8-9,12,14-15H,1,6-7,10-11,13H2,2-4H3/t15-/m0/s1. The van der Waals surface area contributed by atoms with Gasteiger partial charge in [-0.15, -0.1) is 0 Å². The predicted molar refractivity (Wildman–Crippen MR) is 141 cm³/mol. The lowest BCUT2D eigenvalue weighted by atomic mass is 10.0. The molecule has 1 amide bonds. The van der Waals surface area contributed by atoms with Crippen molar-refractivity contribution in [3.8, 4) is 17.1 Å². The van der Waals surface area contributed by atoms with Crippen molar-refractivity contribution in [2.75, 3.05) is 24.5 Å². The predicted octanol–water partition coefficient (Wildman–Crippen LogP) is 2.81. The van der Waals surface area contributed by atoms with Gasteiger partial charge in [-0.2, -0.15) is 9.97 Å². The van der Waals surface area contributed by atoms with Crippen LogP contribution in [0.1, 0.15) is 44.0 Å². The van der Waals surface area contributed by atoms with E-state index in [2.05, 4.69) is 26.7 Å². The molecule has 2 aliphatic rings. The molecule has 12 heteroatoms. The topological polar surface area (TPSA) is 123 Å². The molecule has 2 aliphatic heterocycles. The highest BCUT2D eigenvalue weighted by molar-refractivity contribution is 5.90. The monoisotopic (exact) mass is 530 g/mol. The fourth-order valence-corrected chi connectivity index (χ4v) is 5.34. The first-order chi connectivity index (χ1) is 18.8. The number of hydrogen-bond acceptors (Lipinski definition) is 9. The molecule has 4 bridgehead atoms. The number of carbonyl (C=O) groups excluding carboxylic acids is 1. The number of fused-ring (bicyclic) bond motifs is 6. The van der Waals surface area contributed by atoms with Crippen LogP contribution in [0.2, 0.25) is 0 Å². The van der Waals surface area contributed by atoms with E-state index >= 15 is 4.39 Å². The molecule has 0 unspecified atom stereocenters. The fraction of sp³-hybridized carbons (Fsp3) is 0.370. The first-order valence-corrected chi connectivity index (χ1v) is 12.9. The fourth-order valence-electron chi connectivity index (χ4n) is 5.34. The Morgan fingerprint density at radius 2 is 2.05 bits per heavy atom. The van der Waals surface area contributed by atoms with Gasteiger partial charge >= 0.3 is 5.69 Å². The van der Waals surface area contributed by atoms with E-state index in [0.717, 1.165) is 0 Å². The highest BCUT2D eigenvalue weighted by Gasteiger charge is 2.31. The van der Waals surface area contributed by atoms with Gasteiger partial charge in [0.05, 0.1) is 28.0 Å². The molecule has 4 aromatic heterocycles. The summed E-state index contributed by atoms with van der Waals surface area (Å²) in [5.74, 6) is 0.230. The summed E-state index contributed by atoms with van der Waals surface area (Å²) < 4.78 is 22.3. The third-order valence-electron chi connectivity index (χ3n) is 7.27. The summed E-state index contributed by atoms with van der Waals surface area (Å²) in [5, 5.41) is 4.54. The molecule has 6 rings (SSSR count). The van der Waals surface area contributed by atoms with E-state index in [1.807, 2.05) is 25.7 Å². The Balaban J connectivity index is 1.64. The zero-order valence-electron chi connectivity index (χ0n) is 21.9. The Morgan fingerprint density at radius 1 is 1.23 bits per heavy atom. The maximum atomic E-state index is 15.5. The van der Waals surface area contributed by atoms with Crippen LogP contribution in [0.3, 0.4) is 0 Å². The SMILES string of the molecule is C=CC(=O)N1CCN(c2nc(=O)n3c4nc(c(F)cc24)CCc2nc(no2)-c2ccnc(C(C)C)c2-3)[C@@H](C)C1. The van der Waals surface area contributed by atoms with E-state index in [9.17, 15) is 9.59 Å². The number of carbonyl (C=O) groups is 1. The third kappa shape index (κ3) is 4.06. The van der Waals surface area contributed by atoms with Crippen molar-refractivity contribution in [1.82, 2.24) is 34.6 Å². The summed E-state index contributed by atoms with van der Waals surface area (Å²) >= 11 is 0. The second kappa shape index (κ2) is 9.37. The molecule has 4 aromatic rings. The zero-order chi connectivity index (χ0) is 27.4. The second-order valence-electron chi connectivity index (χ2n) is 10.1. The summed E-state index contributed by atoms with van der Waals surface area (Å²) in [6.07, 6.45) is 3.43. The maximum Gasteiger partial charge on any atom is 0.355 e. The number of rotatable bonds is 3. The maximum absolute atomic E-state index is 15.5. The van der Waals surface area contributed by atoms with Gasteiger partial charge in [-0.3, -0.25) is 9.78 Å². The molecule has 0 spiro atoms. The first-order valence-electron chi connectivity index (χ1n) is 12.9. The average molecular weight is 531 g/mol. The van der Waals surface area contributed by atoms with E-state index in [4.69, 9.17) is 9.51 Å². The molecule has 1 saturated heterocycles. The second-order valence-corrected chi connectivity index (χ2v) is 10.1. The van der Waals surface area contributed by atoms with Gasteiger partial charge in [0.2, 0.25) is 17.6 Å². The molecule has 1 atom stereocenters. The van der Waals surface area contributed by atoms with Gasteiger partial charge in [-0.05, 0) is 31.1 Å². The number of pyridine rings is 2. The smallest absolute Gasteiger partial charge is 0.350 e. The zero-order valence-corrected chi connectivity index (χ0v) is 21.9. The molecule has 0 aromatic carbocycles. The Bertz CT molecular complexity index is 1690. The average Bonchev–Trinajstić information content (AvgIpc) is 3.39. The summed E-state index contributed by atoms with van der Waals surface area (Å²) in [4.78, 5) is 48.0. The van der Waals surface area contributed by atoms with E-state index < -0.39 is 11.5 Å². The van der Waals surface area contributed by atoms with Crippen molar-refractivity contribution in [2.24, 2.45) is 0 Å². The van der Waals surface area contributed by atoms with Crippen molar-refractivity contribution < 1.29 is 13.7 Å². The van der Waals surface area contributed by atoms with Gasteiger partial charge in [0.25, 0.3) is 0 Å². The Kier molecular flexibility index (Phi) is 5.96. The minimum atomic E-state index is -0.585. The molecule has 39 heavy (non-hydrogen) atoms. The van der Waals surface area contributed by atoms with Crippen LogP contribution in [0.25, 0.3) is 28.1 Å². The van der Waals surface area contributed by atoms with Crippen molar-refractivity contribution in [1.29, 1.82) is 0 Å². The van der Waals surface area contributed by atoms with Crippen molar-refractivity contribution in [2.45, 2.75) is 45.6 Å². The van der Waals surface area contributed by atoms with Gasteiger partial charge < -0.3 is 14.3 Å². The van der Waals surface area contributed by atoms with Crippen LogP contribution in [0.4, 0.5) is 10.2 Å². The summed E-state index contributed by atoms with van der Waals surface area (Å²) in [7, 11) is 0. The molecule has 1 fully saturated rings. The molecule has 0 aliphatic carbocycles. The highest BCUT2D eigenvalue weighted by Crippen LogP contribution is 2.34. The number of hydrogen-bond donors (Lipinski definition) is 0. The summed E-state index contributed by atoms with van der Waals surface area (Å²) in [6.45, 7) is 10.7. The quantitative estimate of drug-likeness (QED) is 0.368. The van der Waals surface area contributed by atoms with Crippen LogP contribution < -0.4 is 10.6 Å². The molecule has 11 nitrogen and oxygen atoms in total. The van der Waals surface area contributed by atoms with Crippen molar-refractivity contribution in [3.63, 3.8) is 0 Å². The molecule has 200 valence electrons. The third-order valence-corrected chi connectivity index (χ3v) is 7.27. The molecule has 0 radical (unpaired) electrons. The molecule has 0 N–H and O–H groups in total. The molecule has 6 heterocycles. The number of anilines is 1. The Labute approximate surface area is 223 Å². The van der Waals surface area contributed by atoms with Gasteiger partial charge in [0.1, 0.15) is 11.6 Å². The number of amides is 1. The van der Waals surface area contributed by atoms with Crippen molar-refractivity contribution in [3.05, 3.63) is 64.6 Å². The van der Waals surface area contributed by atoms with Crippen LogP contribution in [0.15, 0.2) is 40.3 Å². The van der Waals surface area contributed by atoms with E-state index in [1.165, 1.54) is 16.7 Å². The lowest BCUT2D eigenvalue weighted by molar-refractivity contribution is -0.126. The lowest BCUT2D eigenvalue weighted by Crippen LogP contribution is -2.54. The van der Waals surface area contributed by atoms with Crippen LogP contribution in [-0.4, -0.2) is 66.1 Å². The first kappa shape index (κ1) is 24.8. The Morgan fingerprint density at radius 3 is 2.79 bits per heavy atom. The van der Waals surface area contributed by atoms with Crippen LogP contribution in [-0.2, 0) is 17.6 Å². The van der Waals surface area contributed by atoms with Gasteiger partial charge in [0, 0.05) is 44.7 Å². The number of nitrogens with zero attached hydrogens (tertiary/aromatic N) is 8. The molecule has 0 saturated carbocycles. The number of piperazine rings is 1. The van der Waals surface area contributed by atoms with Crippen LogP contribution >= 0.6 is 0 Å². The number of halogens is 1. The highest BCUT2D eigenvalue weighted by atomic mass is 19.1. The minimum Gasteiger partial charge on any atom is -0.350 e.